The van der Waals surface area contributed by atoms with Gasteiger partial charge in [-0.3, -0.25) is 4.79 Å². The fraction of sp³-hybridized carbons (Fsp3) is 0.469. The summed E-state index contributed by atoms with van der Waals surface area (Å²) in [7, 11) is 1.22. The third-order valence-corrected chi connectivity index (χ3v) is 9.56. The van der Waals surface area contributed by atoms with E-state index in [0.29, 0.717) is 51.6 Å². The van der Waals surface area contributed by atoms with Crippen LogP contribution in [0.1, 0.15) is 153 Å². The number of aromatic nitrogens is 6. The second-order valence-electron chi connectivity index (χ2n) is 17.7. The van der Waals surface area contributed by atoms with Crippen LogP contribution in [0.15, 0.2) is 88.4 Å². The number of methoxy groups -OCH3 is 1. The maximum Gasteiger partial charge on any atom is 0.407 e. The molecule has 6 aromatic heterocycles. The minimum absolute atomic E-state index is 0. The number of amides is 3. The predicted octanol–water partition coefficient (Wildman–Crippen LogP) is 9.27. The van der Waals surface area contributed by atoms with E-state index < -0.39 is 47.3 Å². The van der Waals surface area contributed by atoms with Gasteiger partial charge in [0.2, 0.25) is 35.3 Å². The number of oxazole rings is 6. The maximum atomic E-state index is 13.6. The van der Waals surface area contributed by atoms with Gasteiger partial charge in [0.25, 0.3) is 5.91 Å². The van der Waals surface area contributed by atoms with Crippen LogP contribution < -0.4 is 21.7 Å². The summed E-state index contributed by atoms with van der Waals surface area (Å²) in [6.07, 6.45) is 20.8. The van der Waals surface area contributed by atoms with Gasteiger partial charge >= 0.3 is 18.2 Å². The van der Waals surface area contributed by atoms with Crippen LogP contribution in [0.3, 0.4) is 0 Å². The van der Waals surface area contributed by atoms with E-state index in [-0.39, 0.29) is 110 Å². The van der Waals surface area contributed by atoms with Gasteiger partial charge in [-0.2, -0.15) is 0 Å². The van der Waals surface area contributed by atoms with E-state index in [4.69, 9.17) is 41.7 Å². The summed E-state index contributed by atoms with van der Waals surface area (Å²) in [5, 5.41) is 8.32. The van der Waals surface area contributed by atoms with E-state index in [0.717, 1.165) is 19.1 Å². The van der Waals surface area contributed by atoms with Gasteiger partial charge in [-0.15, -0.1) is 0 Å². The zero-order valence-corrected chi connectivity index (χ0v) is 42.4. The molecule has 0 radical (unpaired) electrons. The zero-order chi connectivity index (χ0) is 50.3. The SMILES string of the molecule is C.C.C1=CCC=CC1.COC(=O)c1coc(-c2coc(-c3coc(C(CCCCNC(=O)OC(C)(C)C)NC(=O)c4coc(-c5coc(-c6coc(C(N)CCCCNC(=O)OC(C)(C)C)n6)n5)n4)n3)n2)n1.O.[Pd]. The largest absolute Gasteiger partial charge is 0.464 e. The number of esters is 1. The summed E-state index contributed by atoms with van der Waals surface area (Å²) < 4.78 is 48.7. The van der Waals surface area contributed by atoms with Crippen LogP contribution in [-0.2, 0) is 34.6 Å². The Balaban J connectivity index is 0.00000175. The van der Waals surface area contributed by atoms with Crippen molar-refractivity contribution in [3.8, 4) is 46.3 Å². The molecular formula is C49H68N10O14Pd. The van der Waals surface area contributed by atoms with E-state index in [1.54, 1.807) is 41.5 Å². The second kappa shape index (κ2) is 29.5. The minimum atomic E-state index is -0.785. The van der Waals surface area contributed by atoms with E-state index in [9.17, 15) is 19.2 Å². The van der Waals surface area contributed by atoms with Gasteiger partial charge in [-0.25, -0.2) is 44.3 Å². The first-order valence-corrected chi connectivity index (χ1v) is 22.6. The van der Waals surface area contributed by atoms with Crippen LogP contribution >= 0.6 is 0 Å². The number of rotatable bonds is 19. The van der Waals surface area contributed by atoms with Crippen LogP contribution in [0, 0.1) is 0 Å². The molecule has 0 aromatic carbocycles. The van der Waals surface area contributed by atoms with Crippen molar-refractivity contribution in [3.05, 3.63) is 85.1 Å². The Hall–Kier alpha value is -7.20. The first-order valence-electron chi connectivity index (χ1n) is 22.6. The molecule has 0 fully saturated rings. The Kier molecular flexibility index (Phi) is 25.1. The number of allylic oxidation sites excluding steroid dienone is 4. The molecule has 1 aliphatic rings. The third-order valence-electron chi connectivity index (χ3n) is 9.56. The molecule has 25 heteroatoms. The van der Waals surface area contributed by atoms with Crippen LogP contribution in [0.2, 0.25) is 0 Å². The molecule has 2 atom stereocenters. The summed E-state index contributed by atoms with van der Waals surface area (Å²) in [5.41, 5.74) is 5.81. The van der Waals surface area contributed by atoms with Crippen LogP contribution in [0.4, 0.5) is 9.59 Å². The Morgan fingerprint density at radius 1 is 0.581 bits per heavy atom. The summed E-state index contributed by atoms with van der Waals surface area (Å²) in [4.78, 5) is 75.5. The number of unbranched alkanes of at least 4 members (excludes halogenated alkanes) is 2. The average Bonchev–Trinajstić information content (AvgIpc) is 4.17. The van der Waals surface area contributed by atoms with E-state index >= 15 is 0 Å². The van der Waals surface area contributed by atoms with E-state index in [1.165, 1.54) is 38.4 Å². The number of nitrogens with one attached hydrogen (secondary N) is 3. The molecule has 0 saturated heterocycles. The third kappa shape index (κ3) is 19.3. The van der Waals surface area contributed by atoms with Gasteiger partial charge in [-0.1, -0.05) is 39.2 Å². The topological polar surface area (TPSA) is 346 Å². The van der Waals surface area contributed by atoms with Gasteiger partial charge in [-0.05, 0) is 92.9 Å². The Morgan fingerprint density at radius 2 is 0.986 bits per heavy atom. The quantitative estimate of drug-likeness (QED) is 0.0193. The zero-order valence-electron chi connectivity index (χ0n) is 40.9. The monoisotopic (exact) mass is 1130 g/mol. The normalized spacial score (nSPS) is 12.5. The van der Waals surface area contributed by atoms with Gasteiger partial charge in [0.05, 0.1) is 13.2 Å². The number of alkyl carbamates (subject to hydrolysis) is 2. The number of carbonyl (C=O) groups is 4. The molecule has 6 aromatic rings. The van der Waals surface area contributed by atoms with E-state index in [2.05, 4.69) is 74.9 Å². The summed E-state index contributed by atoms with van der Waals surface area (Å²) in [5.74, 6) is -0.729. The van der Waals surface area contributed by atoms with Gasteiger partial charge in [0.15, 0.2) is 34.2 Å². The van der Waals surface area contributed by atoms with Crippen molar-refractivity contribution in [2.45, 2.75) is 131 Å². The number of nitrogens with zero attached hydrogens (tertiary/aromatic N) is 6. The Labute approximate surface area is 442 Å². The average molecular weight is 1130 g/mol. The van der Waals surface area contributed by atoms with Crippen molar-refractivity contribution in [2.24, 2.45) is 5.73 Å². The molecule has 6 heterocycles. The molecular weight excluding hydrogens is 1060 g/mol. The smallest absolute Gasteiger partial charge is 0.407 e. The molecule has 0 spiro atoms. The molecule has 0 aliphatic heterocycles. The molecule has 2 unspecified atom stereocenters. The molecule has 3 amide bonds. The molecule has 74 heavy (non-hydrogen) atoms. The van der Waals surface area contributed by atoms with Crippen LogP contribution in [0.25, 0.3) is 46.3 Å². The molecule has 7 N–H and O–H groups in total. The predicted molar refractivity (Wildman–Crippen MR) is 264 cm³/mol. The van der Waals surface area contributed by atoms with Gasteiger partial charge in [0.1, 0.15) is 54.8 Å². The number of nitrogens with two attached hydrogens (primary N) is 1. The molecule has 1 aliphatic carbocycles. The summed E-state index contributed by atoms with van der Waals surface area (Å²) >= 11 is 0. The minimum Gasteiger partial charge on any atom is -0.464 e. The van der Waals surface area contributed by atoms with Crippen molar-refractivity contribution >= 4 is 24.1 Å². The van der Waals surface area contributed by atoms with Gasteiger partial charge in [0, 0.05) is 33.5 Å². The standard InChI is InChI=1S/C41H50N10O13.C6H8.2CH4.H2O.Pd/c1-40(2,3)63-38(54)43-14-10-8-12-22(42)31-47-25(17-57-31)34-49-26(19-60-34)33-46-24(16-58-33)30(52)45-23(13-9-11-15-44-39(55)64-41(4,5)6)32-48-27(18-59-32)35-50-28(20-61-35)36-51-29(21-62-36)37(53)56-7;1-2-4-6-5-3-1;;;;/h16-23H,8-15,42H2,1-7H3,(H,43,54)(H,44,55)(H,45,52);1-2,5-6H,3-4H2;2*1H4;1H2;. The van der Waals surface area contributed by atoms with E-state index in [1.807, 2.05) is 0 Å². The number of hydrogen-bond acceptors (Lipinski definition) is 20. The first kappa shape index (κ1) is 62.9. The first-order chi connectivity index (χ1) is 33.4. The van der Waals surface area contributed by atoms with Crippen molar-refractivity contribution in [1.29, 1.82) is 0 Å². The fourth-order valence-electron chi connectivity index (χ4n) is 6.29. The molecule has 24 nitrogen and oxygen atoms in total. The summed E-state index contributed by atoms with van der Waals surface area (Å²) in [6, 6.07) is -1.30. The molecule has 408 valence electrons. The van der Waals surface area contributed by atoms with Crippen LogP contribution in [-0.4, -0.2) is 90.8 Å². The van der Waals surface area contributed by atoms with Crippen molar-refractivity contribution in [3.63, 3.8) is 0 Å². The molecule has 0 saturated carbocycles. The van der Waals surface area contributed by atoms with Crippen molar-refractivity contribution < 1.29 is 85.8 Å². The van der Waals surface area contributed by atoms with Crippen molar-refractivity contribution in [1.82, 2.24) is 45.9 Å². The number of ether oxygens (including phenoxy) is 3. The second-order valence-corrected chi connectivity index (χ2v) is 17.7. The van der Waals surface area contributed by atoms with Crippen LogP contribution in [0.5, 0.6) is 0 Å². The maximum absolute atomic E-state index is 13.6. The Bertz CT molecular complexity index is 2700. The van der Waals surface area contributed by atoms with Gasteiger partial charge < -0.3 is 67.9 Å². The number of hydrogen-bond donors (Lipinski definition) is 4. The molecule has 0 bridgehead atoms. The number of carbonyl (C=O) groups excluding carboxylic acids is 4. The Morgan fingerprint density at radius 3 is 1.47 bits per heavy atom. The fourth-order valence-corrected chi connectivity index (χ4v) is 6.29. The summed E-state index contributed by atoms with van der Waals surface area (Å²) in [6.45, 7) is 11.4. The van der Waals surface area contributed by atoms with Crippen molar-refractivity contribution in [2.75, 3.05) is 20.2 Å². The molecule has 7 rings (SSSR count).